The fraction of sp³-hybridized carbons (Fsp3) is 0.500. The van der Waals surface area contributed by atoms with Gasteiger partial charge in [0.25, 0.3) is 0 Å². The van der Waals surface area contributed by atoms with Crippen LogP contribution in [0.3, 0.4) is 0 Å². The van der Waals surface area contributed by atoms with Crippen LogP contribution in [-0.4, -0.2) is 58.5 Å². The number of aliphatic carboxylic acids is 1. The normalized spacial score (nSPS) is 21.3. The quantitative estimate of drug-likeness (QED) is 0.442. The number of carbonyl (C=O) groups is 3. The zero-order chi connectivity index (χ0) is 26.8. The van der Waals surface area contributed by atoms with Crippen molar-refractivity contribution in [3.63, 3.8) is 0 Å². The highest BCUT2D eigenvalue weighted by molar-refractivity contribution is 6.01. The molecule has 8 heteroatoms. The molecule has 2 aromatic rings. The van der Waals surface area contributed by atoms with E-state index in [0.29, 0.717) is 19.4 Å². The van der Waals surface area contributed by atoms with Crippen LogP contribution in [0.1, 0.15) is 67.3 Å². The average molecular weight is 521 g/mol. The molecule has 2 heterocycles. The maximum Gasteiger partial charge on any atom is 0.306 e. The van der Waals surface area contributed by atoms with E-state index in [2.05, 4.69) is 42.2 Å². The number of ether oxygens (including phenoxy) is 2. The van der Waals surface area contributed by atoms with E-state index in [9.17, 15) is 19.5 Å². The highest BCUT2D eigenvalue weighted by Crippen LogP contribution is 2.40. The number of likely N-dealkylation sites (tertiary alicyclic amines) is 1. The second kappa shape index (κ2) is 11.2. The molecule has 3 aliphatic rings. The summed E-state index contributed by atoms with van der Waals surface area (Å²) in [6.07, 6.45) is 3.74. The van der Waals surface area contributed by atoms with Crippen LogP contribution in [0.15, 0.2) is 36.4 Å². The molecule has 202 valence electrons. The Hall–Kier alpha value is -3.39. The van der Waals surface area contributed by atoms with Crippen molar-refractivity contribution in [2.75, 3.05) is 19.8 Å². The monoisotopic (exact) mass is 520 g/mol. The third-order valence-electron chi connectivity index (χ3n) is 8.15. The van der Waals surface area contributed by atoms with Crippen molar-refractivity contribution < 1.29 is 29.0 Å². The van der Waals surface area contributed by atoms with Crippen molar-refractivity contribution >= 4 is 17.8 Å². The van der Waals surface area contributed by atoms with Gasteiger partial charge in [0.2, 0.25) is 11.8 Å². The van der Waals surface area contributed by atoms with E-state index in [0.717, 1.165) is 42.1 Å². The van der Waals surface area contributed by atoms with Crippen molar-refractivity contribution in [2.24, 2.45) is 5.92 Å². The second-order valence-corrected chi connectivity index (χ2v) is 10.6. The van der Waals surface area contributed by atoms with Gasteiger partial charge >= 0.3 is 5.97 Å². The van der Waals surface area contributed by atoms with Crippen LogP contribution in [0.2, 0.25) is 0 Å². The van der Waals surface area contributed by atoms with Gasteiger partial charge in [-0.2, -0.15) is 0 Å². The minimum Gasteiger partial charge on any atom is -0.493 e. The molecule has 8 nitrogen and oxygen atoms in total. The Bertz CT molecular complexity index is 1210. The van der Waals surface area contributed by atoms with E-state index >= 15 is 0 Å². The predicted octanol–water partition coefficient (Wildman–Crippen LogP) is 4.27. The number of hydrogen-bond donors (Lipinski definition) is 1. The summed E-state index contributed by atoms with van der Waals surface area (Å²) in [6, 6.07) is 13.0. The van der Waals surface area contributed by atoms with E-state index in [4.69, 9.17) is 9.47 Å². The van der Waals surface area contributed by atoms with Gasteiger partial charge in [0.05, 0.1) is 19.1 Å². The van der Waals surface area contributed by atoms with Crippen molar-refractivity contribution in [3.8, 4) is 11.5 Å². The highest BCUT2D eigenvalue weighted by Gasteiger charge is 2.40. The van der Waals surface area contributed by atoms with Crippen molar-refractivity contribution in [1.29, 1.82) is 0 Å². The van der Waals surface area contributed by atoms with Crippen molar-refractivity contribution in [2.45, 2.75) is 71.0 Å². The number of benzene rings is 2. The van der Waals surface area contributed by atoms with Gasteiger partial charge in [0.15, 0.2) is 0 Å². The molecule has 2 fully saturated rings. The molecule has 0 spiro atoms. The predicted molar refractivity (Wildman–Crippen MR) is 141 cm³/mol. The Morgan fingerprint density at radius 1 is 1.13 bits per heavy atom. The van der Waals surface area contributed by atoms with Crippen LogP contribution in [0.5, 0.6) is 11.5 Å². The highest BCUT2D eigenvalue weighted by atomic mass is 16.5. The number of aryl methyl sites for hydroxylation is 1. The summed E-state index contributed by atoms with van der Waals surface area (Å²) in [5.41, 5.74) is 4.62. The van der Waals surface area contributed by atoms with Gasteiger partial charge in [-0.15, -0.1) is 0 Å². The van der Waals surface area contributed by atoms with Crippen LogP contribution < -0.4 is 9.47 Å². The van der Waals surface area contributed by atoms with Gasteiger partial charge in [-0.1, -0.05) is 31.2 Å². The minimum atomic E-state index is -0.710. The van der Waals surface area contributed by atoms with Crippen LogP contribution in [0.4, 0.5) is 0 Å². The Kier molecular flexibility index (Phi) is 7.70. The molecule has 1 saturated carbocycles. The molecule has 2 amide bonds. The molecule has 5 rings (SSSR count). The molecule has 38 heavy (non-hydrogen) atoms. The maximum atomic E-state index is 11.8. The summed E-state index contributed by atoms with van der Waals surface area (Å²) in [5.74, 6) is 0.453. The molecule has 2 aromatic carbocycles. The van der Waals surface area contributed by atoms with Gasteiger partial charge in [-0.25, -0.2) is 0 Å². The molecule has 1 unspecified atom stereocenters. The van der Waals surface area contributed by atoms with E-state index in [1.165, 1.54) is 16.0 Å². The lowest BCUT2D eigenvalue weighted by molar-refractivity contribution is -0.148. The summed E-state index contributed by atoms with van der Waals surface area (Å²) in [4.78, 5) is 38.9. The number of nitrogens with zero attached hydrogens (tertiary/aromatic N) is 2. The number of carboxylic acids is 1. The van der Waals surface area contributed by atoms with Crippen molar-refractivity contribution in [1.82, 2.24) is 9.80 Å². The van der Waals surface area contributed by atoms with E-state index in [1.54, 1.807) is 0 Å². The second-order valence-electron chi connectivity index (χ2n) is 10.6. The van der Waals surface area contributed by atoms with Gasteiger partial charge < -0.3 is 14.6 Å². The molecule has 1 aliphatic carbocycles. The molecule has 0 aromatic heterocycles. The lowest BCUT2D eigenvalue weighted by atomic mass is 9.78. The fourth-order valence-corrected chi connectivity index (χ4v) is 5.93. The van der Waals surface area contributed by atoms with E-state index in [1.807, 2.05) is 13.0 Å². The summed E-state index contributed by atoms with van der Waals surface area (Å²) in [7, 11) is 0. The number of rotatable bonds is 11. The Morgan fingerprint density at radius 2 is 1.89 bits per heavy atom. The molecular formula is C30H36N2O6. The summed E-state index contributed by atoms with van der Waals surface area (Å²) >= 11 is 0. The molecule has 1 N–H and O–H groups in total. The van der Waals surface area contributed by atoms with Gasteiger partial charge in [-0.05, 0) is 60.6 Å². The zero-order valence-corrected chi connectivity index (χ0v) is 22.2. The Morgan fingerprint density at radius 3 is 2.58 bits per heavy atom. The van der Waals surface area contributed by atoms with Gasteiger partial charge in [-0.3, -0.25) is 24.2 Å². The molecular weight excluding hydrogens is 484 g/mol. The first-order valence-corrected chi connectivity index (χ1v) is 13.6. The maximum absolute atomic E-state index is 11.8. The molecule has 2 aliphatic heterocycles. The van der Waals surface area contributed by atoms with Gasteiger partial charge in [0.1, 0.15) is 18.1 Å². The number of carbonyl (C=O) groups excluding carboxylic acids is 2. The third kappa shape index (κ3) is 5.41. The molecule has 1 saturated heterocycles. The number of imide groups is 1. The summed E-state index contributed by atoms with van der Waals surface area (Å²) < 4.78 is 11.6. The van der Waals surface area contributed by atoms with Crippen LogP contribution in [-0.2, 0) is 27.3 Å². The minimum absolute atomic E-state index is 0.131. The Labute approximate surface area is 223 Å². The lowest BCUT2D eigenvalue weighted by Crippen LogP contribution is -2.48. The number of hydrogen-bond acceptors (Lipinski definition) is 6. The van der Waals surface area contributed by atoms with E-state index < -0.39 is 5.97 Å². The molecule has 0 bridgehead atoms. The Balaban J connectivity index is 1.30. The van der Waals surface area contributed by atoms with Crippen LogP contribution in [0.25, 0.3) is 0 Å². The lowest BCUT2D eigenvalue weighted by Gasteiger charge is -2.45. The van der Waals surface area contributed by atoms with Crippen LogP contribution >= 0.6 is 0 Å². The van der Waals surface area contributed by atoms with E-state index in [-0.39, 0.29) is 55.8 Å². The summed E-state index contributed by atoms with van der Waals surface area (Å²) in [5, 5.41) is 9.49. The van der Waals surface area contributed by atoms with Gasteiger partial charge in [0, 0.05) is 37.9 Å². The number of fused-ring (bicyclic) bond motifs is 1. The first kappa shape index (κ1) is 26.2. The molecule has 0 radical (unpaired) electrons. The first-order chi connectivity index (χ1) is 18.3. The smallest absolute Gasteiger partial charge is 0.306 e. The van der Waals surface area contributed by atoms with Crippen LogP contribution in [0, 0.1) is 12.8 Å². The number of amides is 2. The molecule has 1 atom stereocenters. The standard InChI is InChI=1S/C30H36N2O6/c1-3-25(21-5-7-27-22(15-21)10-12-37-27)32(24-16-23(17-24)30(35)36)18-20-4-6-26(19(2)14-20)38-13-11-31-28(33)8-9-29(31)34/h4-7,14-15,23-25H,3,8-13,16-18H2,1-2H3,(H,35,36). The SMILES string of the molecule is CCC(c1ccc2c(c1)CCO2)N(Cc1ccc(OCCN2C(=O)CCC2=O)c(C)c1)C1CC(C(=O)O)C1. The first-order valence-electron chi connectivity index (χ1n) is 13.6. The zero-order valence-electron chi connectivity index (χ0n) is 22.2. The summed E-state index contributed by atoms with van der Waals surface area (Å²) in [6.45, 7) is 6.15. The third-order valence-corrected chi connectivity index (χ3v) is 8.15. The fourth-order valence-electron chi connectivity index (χ4n) is 5.93. The number of carboxylic acid groups (broad SMARTS) is 1. The topological polar surface area (TPSA) is 96.4 Å². The largest absolute Gasteiger partial charge is 0.493 e. The average Bonchev–Trinajstić information content (AvgIpc) is 3.45. The van der Waals surface area contributed by atoms with Crippen molar-refractivity contribution in [3.05, 3.63) is 58.7 Å².